The van der Waals surface area contributed by atoms with Gasteiger partial charge in [-0.3, -0.25) is 4.79 Å². The predicted molar refractivity (Wildman–Crippen MR) is 57.0 cm³/mol. The molecule has 1 aromatic heterocycles. The maximum absolute atomic E-state index is 10.4. The van der Waals surface area contributed by atoms with Crippen LogP contribution in [0.4, 0.5) is 0 Å². The molecule has 0 aromatic carbocycles. The molecule has 0 saturated heterocycles. The lowest BCUT2D eigenvalue weighted by Gasteiger charge is -2.01. The highest BCUT2D eigenvalue weighted by Gasteiger charge is 2.12. The zero-order valence-corrected chi connectivity index (χ0v) is 9.22. The minimum Gasteiger partial charge on any atom is -0.480 e. The largest absolute Gasteiger partial charge is 0.480 e. The molecule has 0 fully saturated rings. The number of halogens is 2. The van der Waals surface area contributed by atoms with Crippen LogP contribution < -0.4 is 5.73 Å². The molecule has 0 bridgehead atoms. The van der Waals surface area contributed by atoms with Crippen molar-refractivity contribution >= 4 is 30.8 Å². The highest BCUT2D eigenvalue weighted by Crippen LogP contribution is 1.97. The van der Waals surface area contributed by atoms with Gasteiger partial charge >= 0.3 is 5.97 Å². The Morgan fingerprint density at radius 1 is 1.71 bits per heavy atom. The number of aryl methyl sites for hydroxylation is 1. The zero-order chi connectivity index (χ0) is 9.14. The molecular formula is C7H13Cl2N3O2. The van der Waals surface area contributed by atoms with Crippen LogP contribution in [-0.4, -0.2) is 26.7 Å². The molecule has 1 aromatic rings. The topological polar surface area (TPSA) is 81.1 Å². The van der Waals surface area contributed by atoms with Gasteiger partial charge in [-0.2, -0.15) is 0 Å². The number of hydrogen-bond donors (Lipinski definition) is 2. The van der Waals surface area contributed by atoms with Gasteiger partial charge in [0.1, 0.15) is 6.04 Å². The lowest BCUT2D eigenvalue weighted by atomic mass is 10.2. The van der Waals surface area contributed by atoms with E-state index < -0.39 is 12.0 Å². The third-order valence-electron chi connectivity index (χ3n) is 1.50. The van der Waals surface area contributed by atoms with Crippen molar-refractivity contribution in [1.29, 1.82) is 0 Å². The third kappa shape index (κ3) is 4.45. The molecule has 0 spiro atoms. The summed E-state index contributed by atoms with van der Waals surface area (Å²) in [6.45, 7) is 0. The molecule has 1 atom stereocenters. The Hall–Kier alpha value is -0.780. The van der Waals surface area contributed by atoms with Crippen molar-refractivity contribution in [3.05, 3.63) is 18.2 Å². The number of carbonyl (C=O) groups is 1. The van der Waals surface area contributed by atoms with Crippen LogP contribution in [0.15, 0.2) is 12.5 Å². The second kappa shape index (κ2) is 6.64. The Morgan fingerprint density at radius 2 is 2.29 bits per heavy atom. The van der Waals surface area contributed by atoms with Gasteiger partial charge in [0, 0.05) is 19.7 Å². The second-order valence-corrected chi connectivity index (χ2v) is 2.68. The molecule has 1 rings (SSSR count). The number of nitrogens with zero attached hydrogens (tertiary/aromatic N) is 2. The van der Waals surface area contributed by atoms with Gasteiger partial charge in [-0.15, -0.1) is 24.8 Å². The van der Waals surface area contributed by atoms with E-state index in [1.54, 1.807) is 17.1 Å². The molecule has 0 amide bonds. The molecular weight excluding hydrogens is 229 g/mol. The van der Waals surface area contributed by atoms with Crippen molar-refractivity contribution in [3.8, 4) is 0 Å². The van der Waals surface area contributed by atoms with Crippen LogP contribution in [0.3, 0.4) is 0 Å². The van der Waals surface area contributed by atoms with Gasteiger partial charge in [0.15, 0.2) is 0 Å². The summed E-state index contributed by atoms with van der Waals surface area (Å²) in [5, 5.41) is 8.49. The standard InChI is InChI=1S/C7H11N3O2.2ClH/c1-10-3-5(9-4-10)2-6(8)7(11)12;;/h3-4,6H,2,8H2,1H3,(H,11,12);2*1H/t6-;;/m0../s1. The minimum absolute atomic E-state index is 0. The van der Waals surface area contributed by atoms with E-state index in [9.17, 15) is 4.79 Å². The maximum atomic E-state index is 10.4. The fourth-order valence-corrected chi connectivity index (χ4v) is 0.885. The van der Waals surface area contributed by atoms with Crippen molar-refractivity contribution in [3.63, 3.8) is 0 Å². The summed E-state index contributed by atoms with van der Waals surface area (Å²) in [7, 11) is 1.82. The first-order chi connectivity index (χ1) is 5.59. The fourth-order valence-electron chi connectivity index (χ4n) is 0.885. The number of hydrogen-bond acceptors (Lipinski definition) is 3. The number of imidazole rings is 1. The molecule has 5 nitrogen and oxygen atoms in total. The quantitative estimate of drug-likeness (QED) is 0.794. The number of nitrogens with two attached hydrogens (primary N) is 1. The van der Waals surface area contributed by atoms with E-state index in [1.807, 2.05) is 7.05 Å². The van der Waals surface area contributed by atoms with E-state index in [1.165, 1.54) is 0 Å². The average molecular weight is 242 g/mol. The summed E-state index contributed by atoms with van der Waals surface area (Å²) in [5.74, 6) is -0.999. The lowest BCUT2D eigenvalue weighted by Crippen LogP contribution is -2.32. The average Bonchev–Trinajstić information content (AvgIpc) is 2.35. The Balaban J connectivity index is 0. The number of carboxylic acids is 1. The minimum atomic E-state index is -0.999. The van der Waals surface area contributed by atoms with Gasteiger partial charge in [0.25, 0.3) is 0 Å². The molecule has 14 heavy (non-hydrogen) atoms. The van der Waals surface area contributed by atoms with Crippen molar-refractivity contribution in [2.75, 3.05) is 0 Å². The van der Waals surface area contributed by atoms with Crippen LogP contribution in [0.25, 0.3) is 0 Å². The normalized spacial score (nSPS) is 11.0. The predicted octanol–water partition coefficient (Wildman–Crippen LogP) is 0.218. The molecule has 1 heterocycles. The molecule has 7 heteroatoms. The Morgan fingerprint density at radius 3 is 2.64 bits per heavy atom. The number of aromatic nitrogens is 2. The van der Waals surface area contributed by atoms with E-state index >= 15 is 0 Å². The Labute approximate surface area is 94.1 Å². The Kier molecular flexibility index (Phi) is 7.44. The molecule has 0 aliphatic heterocycles. The first-order valence-electron chi connectivity index (χ1n) is 3.55. The molecule has 0 aliphatic carbocycles. The summed E-state index contributed by atoms with van der Waals surface area (Å²) in [6.07, 6.45) is 3.64. The van der Waals surface area contributed by atoms with Crippen molar-refractivity contribution in [1.82, 2.24) is 9.55 Å². The molecule has 0 saturated carbocycles. The number of rotatable bonds is 3. The van der Waals surface area contributed by atoms with E-state index in [-0.39, 0.29) is 31.2 Å². The summed E-state index contributed by atoms with van der Waals surface area (Å²) in [5.41, 5.74) is 6.01. The maximum Gasteiger partial charge on any atom is 0.320 e. The van der Waals surface area contributed by atoms with E-state index in [0.717, 1.165) is 0 Å². The summed E-state index contributed by atoms with van der Waals surface area (Å²) < 4.78 is 1.75. The number of carboxylic acid groups (broad SMARTS) is 1. The van der Waals surface area contributed by atoms with Crippen LogP contribution in [0.2, 0.25) is 0 Å². The SMILES string of the molecule is Cl.Cl.Cn1cnc(C[C@H](N)C(=O)O)c1. The van der Waals surface area contributed by atoms with Gasteiger partial charge < -0.3 is 15.4 Å². The van der Waals surface area contributed by atoms with Crippen LogP contribution >= 0.6 is 24.8 Å². The molecule has 3 N–H and O–H groups in total. The second-order valence-electron chi connectivity index (χ2n) is 2.68. The van der Waals surface area contributed by atoms with E-state index in [4.69, 9.17) is 10.8 Å². The van der Waals surface area contributed by atoms with Gasteiger partial charge in [-0.05, 0) is 0 Å². The van der Waals surface area contributed by atoms with Crippen LogP contribution in [0, 0.1) is 0 Å². The van der Waals surface area contributed by atoms with Gasteiger partial charge in [0.2, 0.25) is 0 Å². The fraction of sp³-hybridized carbons (Fsp3) is 0.429. The molecule has 0 aliphatic rings. The summed E-state index contributed by atoms with van der Waals surface area (Å²) in [4.78, 5) is 14.3. The van der Waals surface area contributed by atoms with Gasteiger partial charge in [-0.25, -0.2) is 4.98 Å². The highest BCUT2D eigenvalue weighted by molar-refractivity contribution is 5.85. The number of aliphatic carboxylic acids is 1. The first-order valence-corrected chi connectivity index (χ1v) is 3.55. The van der Waals surface area contributed by atoms with Gasteiger partial charge in [-0.1, -0.05) is 0 Å². The smallest absolute Gasteiger partial charge is 0.320 e. The van der Waals surface area contributed by atoms with E-state index in [2.05, 4.69) is 4.98 Å². The van der Waals surface area contributed by atoms with Crippen molar-refractivity contribution in [2.45, 2.75) is 12.5 Å². The molecule has 0 radical (unpaired) electrons. The monoisotopic (exact) mass is 241 g/mol. The molecule has 82 valence electrons. The third-order valence-corrected chi connectivity index (χ3v) is 1.50. The Bertz CT molecular complexity index is 290. The van der Waals surface area contributed by atoms with Crippen LogP contribution in [-0.2, 0) is 18.3 Å². The highest BCUT2D eigenvalue weighted by atomic mass is 35.5. The lowest BCUT2D eigenvalue weighted by molar-refractivity contribution is -0.138. The molecule has 0 unspecified atom stereocenters. The van der Waals surface area contributed by atoms with Crippen molar-refractivity contribution in [2.24, 2.45) is 12.8 Å². The summed E-state index contributed by atoms with van der Waals surface area (Å²) >= 11 is 0. The zero-order valence-electron chi connectivity index (χ0n) is 7.58. The van der Waals surface area contributed by atoms with Crippen molar-refractivity contribution < 1.29 is 9.90 Å². The van der Waals surface area contributed by atoms with Crippen LogP contribution in [0.5, 0.6) is 0 Å². The van der Waals surface area contributed by atoms with Gasteiger partial charge in [0.05, 0.1) is 12.0 Å². The van der Waals surface area contributed by atoms with E-state index in [0.29, 0.717) is 5.69 Å². The van der Waals surface area contributed by atoms with Crippen LogP contribution in [0.1, 0.15) is 5.69 Å². The first kappa shape index (κ1) is 15.7. The summed E-state index contributed by atoms with van der Waals surface area (Å²) in [6, 6.07) is -0.861.